The maximum Gasteiger partial charge on any atom is 0.207 e. The van der Waals surface area contributed by atoms with Crippen LogP contribution in [0.5, 0.6) is 0 Å². The molecule has 0 unspecified atom stereocenters. The Balaban J connectivity index is 0.000000150. The molecule has 0 radical (unpaired) electrons. The van der Waals surface area contributed by atoms with Crippen molar-refractivity contribution in [1.82, 2.24) is 15.3 Å². The van der Waals surface area contributed by atoms with Crippen molar-refractivity contribution in [1.29, 1.82) is 0 Å². The summed E-state index contributed by atoms with van der Waals surface area (Å²) in [5.74, 6) is 0.806. The van der Waals surface area contributed by atoms with Gasteiger partial charge in [0.15, 0.2) is 0 Å². The molecule has 0 aliphatic heterocycles. The number of fused-ring (bicyclic) bond motifs is 2. The molecule has 1 amide bonds. The third-order valence-electron chi connectivity index (χ3n) is 6.31. The average molecular weight is 474 g/mol. The molecule has 0 fully saturated rings. The Labute approximate surface area is 207 Å². The molecule has 7 heteroatoms. The van der Waals surface area contributed by atoms with Gasteiger partial charge in [-0.25, -0.2) is 4.98 Å². The molecular formula is C28H35N5O2. The van der Waals surface area contributed by atoms with E-state index < -0.39 is 0 Å². The van der Waals surface area contributed by atoms with E-state index in [4.69, 9.17) is 5.73 Å². The summed E-state index contributed by atoms with van der Waals surface area (Å²) in [4.78, 5) is 28.3. The number of aromatic nitrogens is 2. The van der Waals surface area contributed by atoms with Gasteiger partial charge in [0.1, 0.15) is 12.1 Å². The number of aldehydes is 1. The number of carbonyl (C=O) groups excluding carboxylic acids is 2. The molecule has 0 saturated carbocycles. The highest BCUT2D eigenvalue weighted by molar-refractivity contribution is 5.74. The van der Waals surface area contributed by atoms with E-state index in [1.165, 1.54) is 60.8 Å². The van der Waals surface area contributed by atoms with Gasteiger partial charge in [-0.1, -0.05) is 30.3 Å². The molecule has 0 spiro atoms. The zero-order valence-corrected chi connectivity index (χ0v) is 20.6. The summed E-state index contributed by atoms with van der Waals surface area (Å²) in [6.07, 6.45) is 13.3. The highest BCUT2D eigenvalue weighted by Gasteiger charge is 2.21. The summed E-state index contributed by atoms with van der Waals surface area (Å²) in [6.45, 7) is 2.54. The first kappa shape index (κ1) is 25.9. The van der Waals surface area contributed by atoms with Crippen molar-refractivity contribution in [2.45, 2.75) is 51.9 Å². The van der Waals surface area contributed by atoms with Crippen molar-refractivity contribution in [2.24, 2.45) is 0 Å². The Morgan fingerprint density at radius 1 is 0.943 bits per heavy atom. The third kappa shape index (κ3) is 7.37. The number of anilines is 2. The van der Waals surface area contributed by atoms with Crippen molar-refractivity contribution in [3.05, 3.63) is 81.8 Å². The number of carbonyl (C=O) groups is 2. The molecule has 1 aromatic heterocycles. The molecule has 0 bridgehead atoms. The Morgan fingerprint density at radius 2 is 1.60 bits per heavy atom. The van der Waals surface area contributed by atoms with Crippen molar-refractivity contribution in [2.75, 3.05) is 24.6 Å². The van der Waals surface area contributed by atoms with Crippen LogP contribution in [0.3, 0.4) is 0 Å². The Bertz CT molecular complexity index is 1080. The Hall–Kier alpha value is -3.74. The van der Waals surface area contributed by atoms with Gasteiger partial charge in [0.25, 0.3) is 0 Å². The van der Waals surface area contributed by atoms with Gasteiger partial charge in [0.05, 0.1) is 18.1 Å². The van der Waals surface area contributed by atoms with Crippen LogP contribution in [0.4, 0.5) is 11.5 Å². The fourth-order valence-electron chi connectivity index (χ4n) is 4.42. The molecule has 184 valence electrons. The molecule has 1 heterocycles. The van der Waals surface area contributed by atoms with E-state index in [0.29, 0.717) is 18.5 Å². The molecular weight excluding hydrogens is 438 g/mol. The number of nitrogens with two attached hydrogens (primary N) is 1. The van der Waals surface area contributed by atoms with Crippen LogP contribution in [0.15, 0.2) is 42.7 Å². The van der Waals surface area contributed by atoms with Crippen LogP contribution >= 0.6 is 0 Å². The Kier molecular flexibility index (Phi) is 9.78. The van der Waals surface area contributed by atoms with Gasteiger partial charge >= 0.3 is 0 Å². The molecule has 4 N–H and O–H groups in total. The number of hydrogen-bond donors (Lipinski definition) is 3. The predicted octanol–water partition coefficient (Wildman–Crippen LogP) is 3.86. The Morgan fingerprint density at radius 3 is 2.11 bits per heavy atom. The van der Waals surface area contributed by atoms with E-state index >= 15 is 0 Å². The number of aryl methyl sites for hydroxylation is 3. The monoisotopic (exact) mass is 473 g/mol. The first-order chi connectivity index (χ1) is 17.0. The van der Waals surface area contributed by atoms with Gasteiger partial charge in [-0.3, -0.25) is 14.6 Å². The molecule has 2 aliphatic carbocycles. The number of nitrogens with one attached hydrogen (secondary N) is 2. The van der Waals surface area contributed by atoms with Crippen molar-refractivity contribution in [3.63, 3.8) is 0 Å². The fraction of sp³-hybridized carbons (Fsp3) is 0.357. The summed E-state index contributed by atoms with van der Waals surface area (Å²) in [7, 11) is 1.82. The first-order valence-corrected chi connectivity index (χ1v) is 12.1. The van der Waals surface area contributed by atoms with Crippen LogP contribution in [-0.2, 0) is 36.9 Å². The van der Waals surface area contributed by atoms with Crippen molar-refractivity contribution in [3.8, 4) is 0 Å². The molecule has 7 nitrogen and oxygen atoms in total. The van der Waals surface area contributed by atoms with Gasteiger partial charge in [-0.15, -0.1) is 0 Å². The second-order valence-corrected chi connectivity index (χ2v) is 8.75. The van der Waals surface area contributed by atoms with Crippen LogP contribution < -0.4 is 16.4 Å². The topological polar surface area (TPSA) is 110 Å². The largest absolute Gasteiger partial charge is 0.398 e. The number of hydrogen-bond acceptors (Lipinski definition) is 6. The lowest BCUT2D eigenvalue weighted by Crippen LogP contribution is -2.14. The smallest absolute Gasteiger partial charge is 0.207 e. The minimum absolute atomic E-state index is 0.629. The highest BCUT2D eigenvalue weighted by atomic mass is 16.1. The van der Waals surface area contributed by atoms with Gasteiger partial charge in [-0.05, 0) is 79.7 Å². The van der Waals surface area contributed by atoms with Gasteiger partial charge < -0.3 is 16.4 Å². The maximum absolute atomic E-state index is 10.3. The van der Waals surface area contributed by atoms with E-state index in [-0.39, 0.29) is 0 Å². The molecule has 35 heavy (non-hydrogen) atoms. The van der Waals surface area contributed by atoms with Crippen molar-refractivity contribution < 1.29 is 9.59 Å². The number of nitrogen functional groups attached to an aromatic ring is 1. The molecule has 2 aromatic carbocycles. The lowest BCUT2D eigenvalue weighted by atomic mass is 9.99. The zero-order valence-electron chi connectivity index (χ0n) is 20.6. The molecule has 0 saturated heterocycles. The van der Waals surface area contributed by atoms with Crippen molar-refractivity contribution >= 4 is 24.2 Å². The number of benzene rings is 2. The van der Waals surface area contributed by atoms with Crippen LogP contribution in [0.2, 0.25) is 0 Å². The SMILES string of the molecule is CNc1cnc(C)cn1.Nc1c2c(cc3c1CCC3)CCC2.O=CNCCc1ccc(C=O)cc1. The summed E-state index contributed by atoms with van der Waals surface area (Å²) >= 11 is 0. The normalized spacial score (nSPS) is 12.7. The number of nitrogens with zero attached hydrogens (tertiary/aromatic N) is 2. The van der Waals surface area contributed by atoms with E-state index in [1.54, 1.807) is 24.5 Å². The summed E-state index contributed by atoms with van der Waals surface area (Å²) in [5, 5.41) is 5.46. The van der Waals surface area contributed by atoms with Crippen LogP contribution in [0.1, 0.15) is 56.7 Å². The van der Waals surface area contributed by atoms with Gasteiger partial charge in [0.2, 0.25) is 6.41 Å². The lowest BCUT2D eigenvalue weighted by molar-refractivity contribution is -0.109. The highest BCUT2D eigenvalue weighted by Crippen LogP contribution is 2.36. The van der Waals surface area contributed by atoms with Crippen LogP contribution in [0.25, 0.3) is 0 Å². The van der Waals surface area contributed by atoms with E-state index in [2.05, 4.69) is 26.7 Å². The standard InChI is InChI=1S/C12H15N.C10H11NO2.C6H9N3/c13-12-10-5-1-3-8(10)7-9-4-2-6-11(9)12;12-7-10-3-1-9(2-4-10)5-6-11-8-13;1-5-3-9-6(7-2)4-8-5/h7H,1-6,13H2;1-4,7-8H,5-6H2,(H,11,13);3-4H,1-2H3,(H,7,9). The minimum Gasteiger partial charge on any atom is -0.398 e. The third-order valence-corrected chi connectivity index (χ3v) is 6.31. The molecule has 5 rings (SSSR count). The van der Waals surface area contributed by atoms with E-state index in [1.807, 2.05) is 26.1 Å². The quantitative estimate of drug-likeness (QED) is 0.285. The molecule has 3 aromatic rings. The number of amides is 1. The van der Waals surface area contributed by atoms with Gasteiger partial charge in [0, 0.05) is 24.8 Å². The molecule has 0 atom stereocenters. The van der Waals surface area contributed by atoms with E-state index in [9.17, 15) is 9.59 Å². The summed E-state index contributed by atoms with van der Waals surface area (Å²) in [5.41, 5.74) is 16.1. The predicted molar refractivity (Wildman–Crippen MR) is 141 cm³/mol. The summed E-state index contributed by atoms with van der Waals surface area (Å²) in [6, 6.07) is 9.72. The van der Waals surface area contributed by atoms with Crippen LogP contribution in [-0.4, -0.2) is 36.3 Å². The fourth-order valence-corrected chi connectivity index (χ4v) is 4.42. The second kappa shape index (κ2) is 13.2. The average Bonchev–Trinajstić information content (AvgIpc) is 3.56. The lowest BCUT2D eigenvalue weighted by Gasteiger charge is -2.10. The van der Waals surface area contributed by atoms with E-state index in [0.717, 1.165) is 35.5 Å². The minimum atomic E-state index is 0.629. The zero-order chi connectivity index (χ0) is 25.0. The summed E-state index contributed by atoms with van der Waals surface area (Å²) < 4.78 is 0. The maximum atomic E-state index is 10.3. The van der Waals surface area contributed by atoms with Gasteiger partial charge in [-0.2, -0.15) is 0 Å². The number of rotatable bonds is 6. The molecule has 2 aliphatic rings. The second-order valence-electron chi connectivity index (χ2n) is 8.75. The first-order valence-electron chi connectivity index (χ1n) is 12.1. The van der Waals surface area contributed by atoms with Crippen LogP contribution in [0, 0.1) is 6.92 Å².